The maximum atomic E-state index is 5.99. The Hall–Kier alpha value is 0.600. The third-order valence-electron chi connectivity index (χ3n) is 1.62. The van der Waals surface area contributed by atoms with Gasteiger partial charge in [-0.05, 0) is 25.5 Å². The number of rotatable bonds is 1. The van der Waals surface area contributed by atoms with Crippen LogP contribution in [0, 0.1) is 0 Å². The van der Waals surface area contributed by atoms with E-state index in [4.69, 9.17) is 11.6 Å². The van der Waals surface area contributed by atoms with E-state index in [0.717, 1.165) is 13.0 Å². The highest BCUT2D eigenvalue weighted by atomic mass is 35.5. The quantitative estimate of drug-likeness (QED) is 0.333. The molecule has 0 aromatic heterocycles. The first-order valence-corrected chi connectivity index (χ1v) is 4.91. The van der Waals surface area contributed by atoms with Gasteiger partial charge < -0.3 is 0 Å². The van der Waals surface area contributed by atoms with Gasteiger partial charge in [0, 0.05) is 6.54 Å². The topological polar surface area (TPSA) is 3.24 Å². The van der Waals surface area contributed by atoms with Crippen molar-refractivity contribution in [3.05, 3.63) is 0 Å². The van der Waals surface area contributed by atoms with Crippen molar-refractivity contribution in [2.75, 3.05) is 12.8 Å². The summed E-state index contributed by atoms with van der Waals surface area (Å²) in [6.07, 6.45) is 5.85. The average molecular weight is 166 g/mol. The predicted molar refractivity (Wildman–Crippen MR) is 43.7 cm³/mol. The Labute approximate surface area is 65.9 Å². The summed E-state index contributed by atoms with van der Waals surface area (Å²) in [5, 5.41) is 0. The lowest BCUT2D eigenvalue weighted by atomic mass is 10.2. The van der Waals surface area contributed by atoms with Crippen LogP contribution in [0.25, 0.3) is 0 Å². The molecule has 1 unspecified atom stereocenters. The molecule has 0 bridgehead atoms. The van der Waals surface area contributed by atoms with E-state index in [1.165, 1.54) is 12.8 Å². The van der Waals surface area contributed by atoms with Crippen molar-refractivity contribution in [3.63, 3.8) is 0 Å². The highest BCUT2D eigenvalue weighted by Crippen LogP contribution is 2.24. The molecule has 0 aromatic rings. The van der Waals surface area contributed by atoms with E-state index in [9.17, 15) is 0 Å². The van der Waals surface area contributed by atoms with Crippen LogP contribution < -0.4 is 0 Å². The van der Waals surface area contributed by atoms with Crippen molar-refractivity contribution in [1.29, 1.82) is 0 Å². The first-order valence-electron chi connectivity index (χ1n) is 3.29. The Balaban J connectivity index is 2.30. The van der Waals surface area contributed by atoms with E-state index in [-0.39, 0.29) is 5.50 Å². The summed E-state index contributed by atoms with van der Waals surface area (Å²) in [5.41, 5.74) is 0.286. The lowest BCUT2D eigenvalue weighted by molar-refractivity contribution is 0.347. The zero-order valence-electron chi connectivity index (χ0n) is 5.64. The van der Waals surface area contributed by atoms with Crippen LogP contribution in [0.15, 0.2) is 0 Å². The summed E-state index contributed by atoms with van der Waals surface area (Å²) in [4.78, 5) is 0. The molecule has 0 amide bonds. The van der Waals surface area contributed by atoms with Crippen LogP contribution in [0.3, 0.4) is 0 Å². The molecule has 0 radical (unpaired) electrons. The highest BCUT2D eigenvalue weighted by molar-refractivity contribution is 7.96. The van der Waals surface area contributed by atoms with E-state index >= 15 is 0 Å². The average Bonchev–Trinajstić information content (AvgIpc) is 1.89. The maximum Gasteiger partial charge on any atom is 0.0943 e. The van der Waals surface area contributed by atoms with Crippen molar-refractivity contribution in [2.45, 2.75) is 24.8 Å². The van der Waals surface area contributed by atoms with Crippen molar-refractivity contribution in [3.8, 4) is 0 Å². The molecule has 0 aromatic carbocycles. The standard InChI is InChI=1S/C6H12ClNS/c1-9-8-5-3-2-4-6(8)7/h6H,2-5H2,1H3. The summed E-state index contributed by atoms with van der Waals surface area (Å²) in [5.74, 6) is 0. The van der Waals surface area contributed by atoms with Crippen molar-refractivity contribution in [2.24, 2.45) is 0 Å². The molecule has 1 saturated heterocycles. The second-order valence-electron chi connectivity index (χ2n) is 2.25. The minimum Gasteiger partial charge on any atom is -0.233 e. The second-order valence-corrected chi connectivity index (χ2v) is 3.59. The first kappa shape index (κ1) is 7.70. The van der Waals surface area contributed by atoms with Crippen molar-refractivity contribution in [1.82, 2.24) is 4.31 Å². The Morgan fingerprint density at radius 2 is 2.33 bits per heavy atom. The monoisotopic (exact) mass is 165 g/mol. The van der Waals surface area contributed by atoms with Gasteiger partial charge in [-0.2, -0.15) is 0 Å². The van der Waals surface area contributed by atoms with Gasteiger partial charge in [0.05, 0.1) is 5.50 Å². The zero-order chi connectivity index (χ0) is 6.69. The van der Waals surface area contributed by atoms with Gasteiger partial charge >= 0.3 is 0 Å². The van der Waals surface area contributed by atoms with E-state index in [1.54, 1.807) is 11.9 Å². The van der Waals surface area contributed by atoms with Crippen LogP contribution in [-0.4, -0.2) is 22.6 Å². The summed E-state index contributed by atoms with van der Waals surface area (Å²) in [6, 6.07) is 0. The summed E-state index contributed by atoms with van der Waals surface area (Å²) in [6.45, 7) is 1.16. The van der Waals surface area contributed by atoms with E-state index in [0.29, 0.717) is 0 Å². The Morgan fingerprint density at radius 1 is 1.56 bits per heavy atom. The molecule has 1 atom stereocenters. The molecule has 1 aliphatic rings. The number of piperidine rings is 1. The largest absolute Gasteiger partial charge is 0.233 e. The van der Waals surface area contributed by atoms with E-state index in [1.807, 2.05) is 0 Å². The highest BCUT2D eigenvalue weighted by Gasteiger charge is 2.18. The molecule has 1 nitrogen and oxygen atoms in total. The van der Waals surface area contributed by atoms with Gasteiger partial charge in [0.15, 0.2) is 0 Å². The van der Waals surface area contributed by atoms with Crippen LogP contribution >= 0.6 is 23.5 Å². The molecule has 9 heavy (non-hydrogen) atoms. The summed E-state index contributed by atoms with van der Waals surface area (Å²) >= 11 is 7.74. The Kier molecular flexibility index (Phi) is 3.16. The van der Waals surface area contributed by atoms with Crippen LogP contribution in [0.5, 0.6) is 0 Å². The first-order chi connectivity index (χ1) is 4.34. The summed E-state index contributed by atoms with van der Waals surface area (Å²) in [7, 11) is 0. The fourth-order valence-electron chi connectivity index (χ4n) is 1.07. The van der Waals surface area contributed by atoms with Crippen LogP contribution in [-0.2, 0) is 0 Å². The van der Waals surface area contributed by atoms with Gasteiger partial charge in [0.1, 0.15) is 0 Å². The number of alkyl halides is 1. The molecule has 1 heterocycles. The molecule has 1 aliphatic heterocycles. The SMILES string of the molecule is CSN1CCCCC1Cl. The molecular weight excluding hydrogens is 154 g/mol. The van der Waals surface area contributed by atoms with Gasteiger partial charge in [-0.25, -0.2) is 4.31 Å². The lowest BCUT2D eigenvalue weighted by Gasteiger charge is -2.28. The summed E-state index contributed by atoms with van der Waals surface area (Å²) < 4.78 is 2.24. The molecule has 3 heteroatoms. The molecule has 0 saturated carbocycles. The molecular formula is C6H12ClNS. The van der Waals surface area contributed by atoms with Crippen LogP contribution in [0.1, 0.15) is 19.3 Å². The predicted octanol–water partition coefficient (Wildman–Crippen LogP) is 2.32. The minimum atomic E-state index is 0.286. The number of halogens is 1. The number of hydrogen-bond donors (Lipinski definition) is 0. The van der Waals surface area contributed by atoms with Gasteiger partial charge in [0.25, 0.3) is 0 Å². The maximum absolute atomic E-state index is 5.99. The molecule has 0 spiro atoms. The van der Waals surface area contributed by atoms with Gasteiger partial charge in [-0.15, -0.1) is 11.6 Å². The third kappa shape index (κ3) is 2.03. The van der Waals surface area contributed by atoms with Crippen molar-refractivity contribution >= 4 is 23.5 Å². The fourth-order valence-corrected chi connectivity index (χ4v) is 2.21. The minimum absolute atomic E-state index is 0.286. The third-order valence-corrected chi connectivity index (χ3v) is 3.09. The number of nitrogens with zero attached hydrogens (tertiary/aromatic N) is 1. The second kappa shape index (κ2) is 3.69. The fraction of sp³-hybridized carbons (Fsp3) is 1.00. The Morgan fingerprint density at radius 3 is 2.78 bits per heavy atom. The van der Waals surface area contributed by atoms with E-state index < -0.39 is 0 Å². The smallest absolute Gasteiger partial charge is 0.0943 e. The molecule has 0 aliphatic carbocycles. The van der Waals surface area contributed by atoms with Crippen molar-refractivity contribution < 1.29 is 0 Å². The van der Waals surface area contributed by atoms with Crippen LogP contribution in [0.4, 0.5) is 0 Å². The molecule has 54 valence electrons. The zero-order valence-corrected chi connectivity index (χ0v) is 7.21. The van der Waals surface area contributed by atoms with Crippen LogP contribution in [0.2, 0.25) is 0 Å². The number of hydrogen-bond acceptors (Lipinski definition) is 2. The lowest BCUT2D eigenvalue weighted by Crippen LogP contribution is -2.29. The Bertz CT molecular complexity index is 89.1. The van der Waals surface area contributed by atoms with Gasteiger partial charge in [-0.3, -0.25) is 0 Å². The van der Waals surface area contributed by atoms with Gasteiger partial charge in [-0.1, -0.05) is 11.9 Å². The molecule has 1 rings (SSSR count). The van der Waals surface area contributed by atoms with E-state index in [2.05, 4.69) is 10.6 Å². The molecule has 1 fully saturated rings. The molecule has 0 N–H and O–H groups in total. The normalized spacial score (nSPS) is 30.7. The van der Waals surface area contributed by atoms with Gasteiger partial charge in [0.2, 0.25) is 0 Å².